The monoisotopic (exact) mass is 517 g/mol. The third-order valence-corrected chi connectivity index (χ3v) is 7.41. The first-order chi connectivity index (χ1) is 16.9. The summed E-state index contributed by atoms with van der Waals surface area (Å²) < 4.78 is 70.5. The van der Waals surface area contributed by atoms with E-state index >= 15 is 0 Å². The number of fused-ring (bicyclic) bond motifs is 2. The molecule has 0 radical (unpaired) electrons. The first-order valence-electron chi connectivity index (χ1n) is 11.1. The number of ether oxygens (including phenoxy) is 1. The topological polar surface area (TPSA) is 104 Å². The second-order valence-electron chi connectivity index (χ2n) is 9.08. The molecule has 0 spiro atoms. The van der Waals surface area contributed by atoms with Crippen LogP contribution in [0.2, 0.25) is 0 Å². The number of aromatic nitrogens is 3. The minimum absolute atomic E-state index is 0.0913. The average molecular weight is 518 g/mol. The molecule has 188 valence electrons. The van der Waals surface area contributed by atoms with Crippen LogP contribution in [0.25, 0.3) is 21.8 Å². The highest BCUT2D eigenvalue weighted by Crippen LogP contribution is 2.33. The molecule has 1 N–H and O–H groups in total. The Bertz CT molecular complexity index is 1630. The van der Waals surface area contributed by atoms with Crippen molar-refractivity contribution >= 4 is 31.6 Å². The van der Waals surface area contributed by atoms with Crippen molar-refractivity contribution in [1.29, 1.82) is 5.26 Å². The first-order valence-corrected chi connectivity index (χ1v) is 13.0. The van der Waals surface area contributed by atoms with E-state index in [1.165, 1.54) is 4.90 Å². The summed E-state index contributed by atoms with van der Waals surface area (Å²) in [6.45, 7) is 1.16. The highest BCUT2D eigenvalue weighted by atomic mass is 32.2. The zero-order valence-electron chi connectivity index (χ0n) is 19.4. The van der Waals surface area contributed by atoms with E-state index in [2.05, 4.69) is 16.2 Å². The summed E-state index contributed by atoms with van der Waals surface area (Å²) >= 11 is 0. The summed E-state index contributed by atoms with van der Waals surface area (Å²) in [7, 11) is -3.53. The van der Waals surface area contributed by atoms with Crippen molar-refractivity contribution in [3.63, 3.8) is 0 Å². The maximum Gasteiger partial charge on any atom is 0.401 e. The third-order valence-electron chi connectivity index (χ3n) is 6.24. The number of nitrogens with zero attached hydrogens (tertiary/aromatic N) is 4. The molecule has 1 fully saturated rings. The molecule has 0 unspecified atom stereocenters. The second-order valence-corrected chi connectivity index (χ2v) is 11.1. The summed E-state index contributed by atoms with van der Waals surface area (Å²) in [4.78, 5) is 4.57. The molecule has 0 aliphatic carbocycles. The lowest BCUT2D eigenvalue weighted by atomic mass is 10.1. The second kappa shape index (κ2) is 8.53. The highest BCUT2D eigenvalue weighted by Gasteiger charge is 2.38. The third kappa shape index (κ3) is 4.52. The molecule has 5 rings (SSSR count). The molecule has 12 heteroatoms. The largest absolute Gasteiger partial charge is 0.484 e. The van der Waals surface area contributed by atoms with Crippen LogP contribution in [0.4, 0.5) is 13.2 Å². The standard InChI is InChI=1S/C24H22F3N5O3S/c1-14-7-20(36(2,33)34)19(18-5-6-29-21(14)18)12-32-9-16-4-3-15(8-28)23(22(16)30-32)35-17-10-31(11-17)13-24(25,26)27/h3-7,9,17,29H,10-13H2,1-2H3. The van der Waals surface area contributed by atoms with Gasteiger partial charge in [0.15, 0.2) is 15.6 Å². The van der Waals surface area contributed by atoms with Crippen molar-refractivity contribution in [2.24, 2.45) is 0 Å². The van der Waals surface area contributed by atoms with E-state index in [9.17, 15) is 26.9 Å². The Morgan fingerprint density at radius 1 is 1.28 bits per heavy atom. The van der Waals surface area contributed by atoms with Gasteiger partial charge in [-0.05, 0) is 36.8 Å². The average Bonchev–Trinajstić information content (AvgIpc) is 3.40. The molecule has 1 aliphatic rings. The van der Waals surface area contributed by atoms with Crippen LogP contribution in [0.3, 0.4) is 0 Å². The van der Waals surface area contributed by atoms with Gasteiger partial charge in [0.05, 0.1) is 23.5 Å². The van der Waals surface area contributed by atoms with Gasteiger partial charge < -0.3 is 9.72 Å². The van der Waals surface area contributed by atoms with Crippen LogP contribution in [-0.4, -0.2) is 66.3 Å². The Morgan fingerprint density at radius 3 is 2.69 bits per heavy atom. The fourth-order valence-corrected chi connectivity index (χ4v) is 5.65. The smallest absolute Gasteiger partial charge is 0.401 e. The maximum absolute atomic E-state index is 12.6. The van der Waals surface area contributed by atoms with E-state index in [1.54, 1.807) is 35.3 Å². The van der Waals surface area contributed by atoms with Gasteiger partial charge in [-0.1, -0.05) is 0 Å². The van der Waals surface area contributed by atoms with Gasteiger partial charge in [0.25, 0.3) is 0 Å². The fourth-order valence-electron chi connectivity index (χ4n) is 4.64. The summed E-state index contributed by atoms with van der Waals surface area (Å²) in [5.41, 5.74) is 2.83. The molecule has 2 aromatic heterocycles. The van der Waals surface area contributed by atoms with Crippen molar-refractivity contribution in [3.8, 4) is 11.8 Å². The van der Waals surface area contributed by atoms with Crippen molar-refractivity contribution in [1.82, 2.24) is 19.7 Å². The van der Waals surface area contributed by atoms with Gasteiger partial charge in [-0.3, -0.25) is 9.58 Å². The number of benzene rings is 2. The minimum atomic E-state index is -4.28. The number of aromatic amines is 1. The van der Waals surface area contributed by atoms with Crippen LogP contribution in [0.1, 0.15) is 16.7 Å². The van der Waals surface area contributed by atoms with E-state index in [-0.39, 0.29) is 35.8 Å². The Hall–Kier alpha value is -3.56. The number of alkyl halides is 3. The lowest BCUT2D eigenvalue weighted by Crippen LogP contribution is -2.56. The molecule has 4 aromatic rings. The molecule has 0 bridgehead atoms. The van der Waals surface area contributed by atoms with Crippen molar-refractivity contribution in [3.05, 3.63) is 53.3 Å². The molecule has 3 heterocycles. The Kier molecular flexibility index (Phi) is 5.72. The molecular formula is C24H22F3N5O3S. The first kappa shape index (κ1) is 24.1. The molecule has 1 saturated heterocycles. The van der Waals surface area contributed by atoms with Crippen LogP contribution in [0, 0.1) is 18.3 Å². The van der Waals surface area contributed by atoms with Crippen molar-refractivity contribution in [2.45, 2.75) is 30.6 Å². The van der Waals surface area contributed by atoms with Gasteiger partial charge in [0.1, 0.15) is 17.7 Å². The highest BCUT2D eigenvalue weighted by molar-refractivity contribution is 7.90. The minimum Gasteiger partial charge on any atom is -0.484 e. The van der Waals surface area contributed by atoms with E-state index in [0.29, 0.717) is 16.5 Å². The van der Waals surface area contributed by atoms with Gasteiger partial charge in [-0.15, -0.1) is 0 Å². The SMILES string of the molecule is Cc1cc(S(C)(=O)=O)c(Cn2cc3ccc(C#N)c(OC4CN(CC(F)(F)F)C4)c3n2)c2cc[nH]c12. The number of rotatable bonds is 6. The molecule has 0 amide bonds. The quantitative estimate of drug-likeness (QED) is 0.418. The van der Waals surface area contributed by atoms with E-state index in [0.717, 1.165) is 22.7 Å². The normalized spacial score (nSPS) is 15.3. The molecule has 0 atom stereocenters. The van der Waals surface area contributed by atoms with Crippen LogP contribution in [-0.2, 0) is 16.4 Å². The summed E-state index contributed by atoms with van der Waals surface area (Å²) in [6, 6.07) is 8.80. The number of nitrogens with one attached hydrogen (secondary N) is 1. The molecular weight excluding hydrogens is 495 g/mol. The summed E-state index contributed by atoms with van der Waals surface area (Å²) in [5, 5.41) is 15.6. The predicted molar refractivity (Wildman–Crippen MR) is 127 cm³/mol. The number of nitriles is 1. The van der Waals surface area contributed by atoms with E-state index in [4.69, 9.17) is 4.74 Å². The van der Waals surface area contributed by atoms with Crippen LogP contribution in [0.5, 0.6) is 5.75 Å². The number of sulfone groups is 1. The molecule has 36 heavy (non-hydrogen) atoms. The maximum atomic E-state index is 12.6. The summed E-state index contributed by atoms with van der Waals surface area (Å²) in [6.07, 6.45) is -0.144. The molecule has 0 saturated carbocycles. The number of hydrogen-bond donors (Lipinski definition) is 1. The number of halogens is 3. The zero-order valence-corrected chi connectivity index (χ0v) is 20.2. The Morgan fingerprint density at radius 2 is 2.03 bits per heavy atom. The van der Waals surface area contributed by atoms with Crippen LogP contribution < -0.4 is 4.74 Å². The summed E-state index contributed by atoms with van der Waals surface area (Å²) in [5.74, 6) is 0.212. The molecule has 1 aliphatic heterocycles. The number of likely N-dealkylation sites (tertiary alicyclic amines) is 1. The molecule has 8 nitrogen and oxygen atoms in total. The zero-order chi connectivity index (χ0) is 25.8. The Balaban J connectivity index is 1.50. The van der Waals surface area contributed by atoms with E-state index < -0.39 is 28.7 Å². The Labute approximate surface area is 204 Å². The number of aryl methyl sites for hydroxylation is 1. The van der Waals surface area contributed by atoms with Crippen LogP contribution in [0.15, 0.2) is 41.6 Å². The van der Waals surface area contributed by atoms with Gasteiger partial charge in [-0.2, -0.15) is 23.5 Å². The fraction of sp³-hybridized carbons (Fsp3) is 0.333. The number of H-pyrrole nitrogens is 1. The van der Waals surface area contributed by atoms with Gasteiger partial charge in [0, 0.05) is 53.6 Å². The van der Waals surface area contributed by atoms with Gasteiger partial charge in [-0.25, -0.2) is 8.42 Å². The van der Waals surface area contributed by atoms with Gasteiger partial charge >= 0.3 is 6.18 Å². The van der Waals surface area contributed by atoms with Crippen LogP contribution >= 0.6 is 0 Å². The van der Waals surface area contributed by atoms with Crippen molar-refractivity contribution in [2.75, 3.05) is 25.9 Å². The van der Waals surface area contributed by atoms with Crippen molar-refractivity contribution < 1.29 is 26.3 Å². The van der Waals surface area contributed by atoms with E-state index in [1.807, 2.05) is 13.0 Å². The lowest BCUT2D eigenvalue weighted by molar-refractivity contribution is -0.162. The predicted octanol–water partition coefficient (Wildman–Crippen LogP) is 3.77. The lowest BCUT2D eigenvalue weighted by Gasteiger charge is -2.39. The molecule has 2 aromatic carbocycles. The van der Waals surface area contributed by atoms with Gasteiger partial charge in [0.2, 0.25) is 0 Å². The number of hydrogen-bond acceptors (Lipinski definition) is 6.